The SMILES string of the molecule is CCCc1nc(CN(CC)C(=O)c2c(C)cc(C3CCC3)oc2=O)no1. The van der Waals surface area contributed by atoms with Crippen molar-refractivity contribution in [1.82, 2.24) is 15.0 Å². The minimum absolute atomic E-state index is 0.0900. The van der Waals surface area contributed by atoms with Gasteiger partial charge in [-0.1, -0.05) is 18.5 Å². The molecule has 7 heteroatoms. The Morgan fingerprint density at radius 3 is 2.69 bits per heavy atom. The van der Waals surface area contributed by atoms with Crippen molar-refractivity contribution < 1.29 is 13.7 Å². The van der Waals surface area contributed by atoms with Crippen molar-refractivity contribution in [3.63, 3.8) is 0 Å². The summed E-state index contributed by atoms with van der Waals surface area (Å²) in [6, 6.07) is 1.83. The van der Waals surface area contributed by atoms with Gasteiger partial charge in [-0.15, -0.1) is 0 Å². The zero-order valence-electron chi connectivity index (χ0n) is 15.6. The summed E-state index contributed by atoms with van der Waals surface area (Å²) in [5, 5.41) is 3.92. The van der Waals surface area contributed by atoms with E-state index >= 15 is 0 Å². The van der Waals surface area contributed by atoms with Crippen LogP contribution in [0.4, 0.5) is 0 Å². The average molecular weight is 359 g/mol. The lowest BCUT2D eigenvalue weighted by Crippen LogP contribution is -2.35. The van der Waals surface area contributed by atoms with E-state index in [1.54, 1.807) is 6.92 Å². The number of aromatic nitrogens is 2. The first kappa shape index (κ1) is 18.4. The first-order chi connectivity index (χ1) is 12.5. The number of carbonyl (C=O) groups is 1. The first-order valence-corrected chi connectivity index (χ1v) is 9.28. The summed E-state index contributed by atoms with van der Waals surface area (Å²) >= 11 is 0. The van der Waals surface area contributed by atoms with Crippen LogP contribution in [-0.2, 0) is 13.0 Å². The molecule has 0 bridgehead atoms. The summed E-state index contributed by atoms with van der Waals surface area (Å²) in [6.45, 7) is 6.30. The molecule has 7 nitrogen and oxygen atoms in total. The minimum Gasteiger partial charge on any atom is -0.427 e. The maximum atomic E-state index is 12.9. The van der Waals surface area contributed by atoms with E-state index in [-0.39, 0.29) is 18.0 Å². The molecule has 1 fully saturated rings. The lowest BCUT2D eigenvalue weighted by atomic mass is 9.83. The van der Waals surface area contributed by atoms with E-state index in [4.69, 9.17) is 8.94 Å². The standard InChI is InChI=1S/C19H25N3O4/c1-4-7-16-20-15(21-26-16)11-22(5-2)18(23)17-12(3)10-14(25-19(17)24)13-8-6-9-13/h10,13H,4-9,11H2,1-3H3. The number of aryl methyl sites for hydroxylation is 2. The Hall–Kier alpha value is -2.44. The summed E-state index contributed by atoms with van der Waals surface area (Å²) < 4.78 is 10.6. The van der Waals surface area contributed by atoms with Gasteiger partial charge >= 0.3 is 5.63 Å². The van der Waals surface area contributed by atoms with Crippen LogP contribution in [0.15, 0.2) is 19.8 Å². The Morgan fingerprint density at radius 2 is 2.12 bits per heavy atom. The lowest BCUT2D eigenvalue weighted by molar-refractivity contribution is 0.0741. The molecule has 1 aliphatic rings. The van der Waals surface area contributed by atoms with Gasteiger partial charge < -0.3 is 13.8 Å². The van der Waals surface area contributed by atoms with E-state index in [9.17, 15) is 9.59 Å². The molecule has 1 aliphatic carbocycles. The summed E-state index contributed by atoms with van der Waals surface area (Å²) in [4.78, 5) is 31.2. The molecule has 0 radical (unpaired) electrons. The van der Waals surface area contributed by atoms with Gasteiger partial charge in [0.15, 0.2) is 5.82 Å². The second kappa shape index (κ2) is 7.85. The molecule has 3 rings (SSSR count). The Labute approximate surface area is 152 Å². The fourth-order valence-corrected chi connectivity index (χ4v) is 3.11. The van der Waals surface area contributed by atoms with Gasteiger partial charge in [-0.3, -0.25) is 4.79 Å². The van der Waals surface area contributed by atoms with Crippen molar-refractivity contribution in [2.24, 2.45) is 0 Å². The largest absolute Gasteiger partial charge is 0.427 e. The van der Waals surface area contributed by atoms with Crippen molar-refractivity contribution in [3.05, 3.63) is 45.1 Å². The maximum absolute atomic E-state index is 12.9. The van der Waals surface area contributed by atoms with Crippen LogP contribution >= 0.6 is 0 Å². The highest BCUT2D eigenvalue weighted by Crippen LogP contribution is 2.36. The molecule has 2 heterocycles. The van der Waals surface area contributed by atoms with Crippen LogP contribution in [0.5, 0.6) is 0 Å². The summed E-state index contributed by atoms with van der Waals surface area (Å²) in [5.41, 5.74) is 0.189. The van der Waals surface area contributed by atoms with Crippen LogP contribution in [0.1, 0.15) is 78.8 Å². The van der Waals surface area contributed by atoms with Gasteiger partial charge in [0.2, 0.25) is 5.89 Å². The maximum Gasteiger partial charge on any atom is 0.349 e. The van der Waals surface area contributed by atoms with E-state index in [2.05, 4.69) is 10.1 Å². The van der Waals surface area contributed by atoms with E-state index in [0.29, 0.717) is 41.9 Å². The van der Waals surface area contributed by atoms with Gasteiger partial charge in [0.25, 0.3) is 5.91 Å². The molecule has 0 saturated heterocycles. The minimum atomic E-state index is -0.560. The third-order valence-corrected chi connectivity index (χ3v) is 4.86. The van der Waals surface area contributed by atoms with Gasteiger partial charge in [0.1, 0.15) is 11.3 Å². The molecule has 140 valence electrons. The van der Waals surface area contributed by atoms with Gasteiger partial charge in [-0.05, 0) is 44.7 Å². The fraction of sp³-hybridized carbons (Fsp3) is 0.579. The van der Waals surface area contributed by atoms with Crippen molar-refractivity contribution in [1.29, 1.82) is 0 Å². The average Bonchev–Trinajstić information content (AvgIpc) is 2.98. The first-order valence-electron chi connectivity index (χ1n) is 9.28. The van der Waals surface area contributed by atoms with E-state index in [1.165, 1.54) is 4.90 Å². The number of hydrogen-bond acceptors (Lipinski definition) is 6. The highest BCUT2D eigenvalue weighted by molar-refractivity contribution is 5.95. The number of nitrogens with zero attached hydrogens (tertiary/aromatic N) is 3. The van der Waals surface area contributed by atoms with Gasteiger partial charge in [-0.2, -0.15) is 4.98 Å². The molecular formula is C19H25N3O4. The fourth-order valence-electron chi connectivity index (χ4n) is 3.11. The monoisotopic (exact) mass is 359 g/mol. The third kappa shape index (κ3) is 3.71. The van der Waals surface area contributed by atoms with E-state index in [0.717, 1.165) is 25.7 Å². The molecule has 1 amide bonds. The quantitative estimate of drug-likeness (QED) is 0.754. The highest BCUT2D eigenvalue weighted by Gasteiger charge is 2.27. The molecule has 0 aliphatic heterocycles. The number of rotatable bonds is 7. The van der Waals surface area contributed by atoms with Gasteiger partial charge in [0.05, 0.1) is 6.54 Å². The van der Waals surface area contributed by atoms with Crippen molar-refractivity contribution in [2.75, 3.05) is 6.54 Å². The second-order valence-electron chi connectivity index (χ2n) is 6.80. The zero-order valence-corrected chi connectivity index (χ0v) is 15.6. The summed E-state index contributed by atoms with van der Waals surface area (Å²) in [5.74, 6) is 1.65. The van der Waals surface area contributed by atoms with Crippen LogP contribution < -0.4 is 5.63 Å². The van der Waals surface area contributed by atoms with E-state index < -0.39 is 5.63 Å². The molecular weight excluding hydrogens is 334 g/mol. The molecule has 26 heavy (non-hydrogen) atoms. The summed E-state index contributed by atoms with van der Waals surface area (Å²) in [7, 11) is 0. The molecule has 2 aromatic rings. The molecule has 0 unspecified atom stereocenters. The molecule has 0 aromatic carbocycles. The smallest absolute Gasteiger partial charge is 0.349 e. The topological polar surface area (TPSA) is 89.4 Å². The molecule has 0 atom stereocenters. The second-order valence-corrected chi connectivity index (χ2v) is 6.80. The van der Waals surface area contributed by atoms with Crippen molar-refractivity contribution in [2.45, 2.75) is 65.3 Å². The predicted molar refractivity (Wildman–Crippen MR) is 95.0 cm³/mol. The number of carbonyl (C=O) groups excluding carboxylic acids is 1. The van der Waals surface area contributed by atoms with Gasteiger partial charge in [-0.25, -0.2) is 4.79 Å². The van der Waals surface area contributed by atoms with Crippen molar-refractivity contribution in [3.8, 4) is 0 Å². The van der Waals surface area contributed by atoms with Crippen LogP contribution in [0.25, 0.3) is 0 Å². The third-order valence-electron chi connectivity index (χ3n) is 4.86. The Morgan fingerprint density at radius 1 is 1.35 bits per heavy atom. The Bertz CT molecular complexity index is 836. The van der Waals surface area contributed by atoms with Gasteiger partial charge in [0, 0.05) is 18.9 Å². The predicted octanol–water partition coefficient (Wildman–Crippen LogP) is 3.21. The van der Waals surface area contributed by atoms with Crippen LogP contribution in [-0.4, -0.2) is 27.5 Å². The Kier molecular flexibility index (Phi) is 5.54. The van der Waals surface area contributed by atoms with Crippen LogP contribution in [0, 0.1) is 6.92 Å². The zero-order chi connectivity index (χ0) is 18.7. The van der Waals surface area contributed by atoms with Crippen LogP contribution in [0.3, 0.4) is 0 Å². The molecule has 0 spiro atoms. The highest BCUT2D eigenvalue weighted by atomic mass is 16.5. The van der Waals surface area contributed by atoms with E-state index in [1.807, 2.05) is 19.9 Å². The van der Waals surface area contributed by atoms with Crippen LogP contribution in [0.2, 0.25) is 0 Å². The summed E-state index contributed by atoms with van der Waals surface area (Å²) in [6.07, 6.45) is 4.84. The number of amides is 1. The molecule has 2 aromatic heterocycles. The van der Waals surface area contributed by atoms with Crippen molar-refractivity contribution >= 4 is 5.91 Å². The molecule has 0 N–H and O–H groups in total. The Balaban J connectivity index is 1.80. The normalized spacial score (nSPS) is 14.3. The number of hydrogen-bond donors (Lipinski definition) is 0. The molecule has 1 saturated carbocycles. The lowest BCUT2D eigenvalue weighted by Gasteiger charge is -2.25.